The number of allylic oxidation sites excluding steroid dienone is 5. The van der Waals surface area contributed by atoms with Gasteiger partial charge in [0.25, 0.3) is 0 Å². The van der Waals surface area contributed by atoms with E-state index in [0.717, 1.165) is 0 Å². The summed E-state index contributed by atoms with van der Waals surface area (Å²) in [5.41, 5.74) is -1.95. The van der Waals surface area contributed by atoms with E-state index in [9.17, 15) is 24.8 Å². The molecule has 0 radical (unpaired) electrons. The van der Waals surface area contributed by atoms with E-state index in [1.54, 1.807) is 58.1 Å². The normalized spacial score (nSPS) is 20.8. The van der Waals surface area contributed by atoms with E-state index < -0.39 is 16.2 Å². The summed E-state index contributed by atoms with van der Waals surface area (Å²) in [6, 6.07) is 6.62. The molecule has 0 aliphatic heterocycles. The highest BCUT2D eigenvalue weighted by Gasteiger charge is 2.42. The maximum Gasteiger partial charge on any atom is 0.178 e. The Balaban J connectivity index is 2.22. The van der Waals surface area contributed by atoms with Gasteiger partial charge in [-0.05, 0) is 50.1 Å². The van der Waals surface area contributed by atoms with Crippen molar-refractivity contribution >= 4 is 23.4 Å². The number of aromatic hydroxyl groups is 1. The zero-order valence-corrected chi connectivity index (χ0v) is 19.4. The monoisotopic (exact) mass is 435 g/mol. The Labute approximate surface area is 188 Å². The Morgan fingerprint density at radius 2 is 1.81 bits per heavy atom. The first-order valence-electron chi connectivity index (χ1n) is 10.3. The third-order valence-corrected chi connectivity index (χ3v) is 5.76. The molecule has 1 aliphatic rings. The number of phenols is 1. The third kappa shape index (κ3) is 5.23. The van der Waals surface area contributed by atoms with Crippen LogP contribution in [0.25, 0.3) is 6.08 Å². The van der Waals surface area contributed by atoms with Gasteiger partial charge in [0.15, 0.2) is 28.8 Å². The summed E-state index contributed by atoms with van der Waals surface area (Å²) in [4.78, 5) is 38.0. The van der Waals surface area contributed by atoms with Crippen LogP contribution in [-0.4, -0.2) is 29.6 Å². The topological polar surface area (TPSA) is 104 Å². The predicted octanol–water partition coefficient (Wildman–Crippen LogP) is 4.59. The molecule has 6 heteroatoms. The van der Waals surface area contributed by atoms with Crippen LogP contribution in [0, 0.1) is 27.6 Å². The van der Waals surface area contributed by atoms with Gasteiger partial charge in [-0.15, -0.1) is 0 Å². The van der Waals surface area contributed by atoms with Crippen molar-refractivity contribution in [3.05, 3.63) is 53.6 Å². The first kappa shape index (κ1) is 24.8. The molecular formula is C26H29NO5. The van der Waals surface area contributed by atoms with Crippen molar-refractivity contribution in [2.45, 2.75) is 41.0 Å². The minimum Gasteiger partial charge on any atom is -0.504 e. The Morgan fingerprint density at radius 1 is 1.19 bits per heavy atom. The maximum absolute atomic E-state index is 12.9. The van der Waals surface area contributed by atoms with Gasteiger partial charge in [-0.2, -0.15) is 5.26 Å². The Hall–Kier alpha value is -3.46. The molecule has 32 heavy (non-hydrogen) atoms. The molecule has 1 unspecified atom stereocenters. The number of carbonyl (C=O) groups excluding carboxylic acids is 3. The number of ketones is 3. The lowest BCUT2D eigenvalue weighted by atomic mass is 9.65. The second kappa shape index (κ2) is 8.96. The molecule has 1 aromatic carbocycles. The van der Waals surface area contributed by atoms with Crippen LogP contribution in [0.2, 0.25) is 0 Å². The van der Waals surface area contributed by atoms with Crippen molar-refractivity contribution < 1.29 is 24.2 Å². The van der Waals surface area contributed by atoms with E-state index in [1.807, 2.05) is 13.0 Å². The maximum atomic E-state index is 12.9. The van der Waals surface area contributed by atoms with Crippen LogP contribution in [0.3, 0.4) is 0 Å². The molecule has 1 N–H and O–H groups in total. The summed E-state index contributed by atoms with van der Waals surface area (Å²) >= 11 is 0. The highest BCUT2D eigenvalue weighted by molar-refractivity contribution is 6.15. The number of phenolic OH excluding ortho intramolecular Hbond substituents is 1. The summed E-state index contributed by atoms with van der Waals surface area (Å²) in [5.74, 6) is -0.685. The zero-order chi connectivity index (χ0) is 24.3. The fourth-order valence-corrected chi connectivity index (χ4v) is 3.81. The Morgan fingerprint density at radius 3 is 2.41 bits per heavy atom. The van der Waals surface area contributed by atoms with E-state index in [-0.39, 0.29) is 34.4 Å². The third-order valence-electron chi connectivity index (χ3n) is 5.76. The molecule has 0 amide bonds. The molecular weight excluding hydrogens is 406 g/mol. The Bertz CT molecular complexity index is 1080. The number of hydrogen-bond donors (Lipinski definition) is 1. The highest BCUT2D eigenvalue weighted by atomic mass is 16.5. The molecule has 0 bridgehead atoms. The SMILES string of the molecule is COc1cc(/C=C/C(=O)C(C)(C)C(=O)/C=C/C2(C)C=C(C#N)C(=O)C(C)(C)C2)ccc1O. The van der Waals surface area contributed by atoms with Crippen LogP contribution < -0.4 is 4.74 Å². The molecule has 1 aliphatic carbocycles. The lowest BCUT2D eigenvalue weighted by Crippen LogP contribution is -2.36. The smallest absolute Gasteiger partial charge is 0.178 e. The van der Waals surface area contributed by atoms with Gasteiger partial charge in [0, 0.05) is 10.8 Å². The van der Waals surface area contributed by atoms with E-state index in [1.165, 1.54) is 25.3 Å². The van der Waals surface area contributed by atoms with E-state index in [0.29, 0.717) is 12.0 Å². The minimum atomic E-state index is -1.30. The molecule has 168 valence electrons. The van der Waals surface area contributed by atoms with Crippen molar-refractivity contribution in [3.63, 3.8) is 0 Å². The molecule has 1 aromatic rings. The Kier molecular flexibility index (Phi) is 6.94. The summed E-state index contributed by atoms with van der Waals surface area (Å²) in [7, 11) is 1.43. The fraction of sp³-hybridized carbons (Fsp3) is 0.385. The van der Waals surface area contributed by atoms with Crippen LogP contribution in [0.15, 0.2) is 48.1 Å². The molecule has 0 aromatic heterocycles. The molecule has 0 fully saturated rings. The largest absolute Gasteiger partial charge is 0.504 e. The number of Topliss-reactive ketones (excluding diaryl/α,β-unsaturated/α-hetero) is 1. The lowest BCUT2D eigenvalue weighted by Gasteiger charge is -2.37. The van der Waals surface area contributed by atoms with Gasteiger partial charge in [0.2, 0.25) is 0 Å². The average Bonchev–Trinajstić information content (AvgIpc) is 2.73. The number of hydrogen-bond acceptors (Lipinski definition) is 6. The van der Waals surface area contributed by atoms with Crippen molar-refractivity contribution in [2.24, 2.45) is 16.2 Å². The van der Waals surface area contributed by atoms with Gasteiger partial charge in [-0.3, -0.25) is 14.4 Å². The first-order valence-corrected chi connectivity index (χ1v) is 10.3. The quantitative estimate of drug-likeness (QED) is 0.496. The van der Waals surface area contributed by atoms with Crippen LogP contribution in [-0.2, 0) is 14.4 Å². The molecule has 6 nitrogen and oxygen atoms in total. The summed E-state index contributed by atoms with van der Waals surface area (Å²) in [5, 5.41) is 19.0. The number of carbonyl (C=O) groups is 3. The molecule has 1 atom stereocenters. The first-order chi connectivity index (χ1) is 14.8. The van der Waals surface area contributed by atoms with Gasteiger partial charge in [0.1, 0.15) is 6.07 Å². The van der Waals surface area contributed by atoms with Crippen LogP contribution in [0.4, 0.5) is 0 Å². The predicted molar refractivity (Wildman–Crippen MR) is 122 cm³/mol. The molecule has 0 saturated heterocycles. The zero-order valence-electron chi connectivity index (χ0n) is 19.4. The average molecular weight is 436 g/mol. The molecule has 0 saturated carbocycles. The number of methoxy groups -OCH3 is 1. The number of nitrogens with zero attached hydrogens (tertiary/aromatic N) is 1. The van der Waals surface area contributed by atoms with Gasteiger partial charge in [-0.1, -0.05) is 45.1 Å². The minimum absolute atomic E-state index is 0.00804. The molecule has 0 heterocycles. The van der Waals surface area contributed by atoms with E-state index in [2.05, 4.69) is 0 Å². The van der Waals surface area contributed by atoms with E-state index >= 15 is 0 Å². The van der Waals surface area contributed by atoms with Crippen LogP contribution in [0.5, 0.6) is 11.5 Å². The van der Waals surface area contributed by atoms with Gasteiger partial charge < -0.3 is 9.84 Å². The number of ether oxygens (including phenoxy) is 1. The second-order valence-corrected chi connectivity index (χ2v) is 9.52. The summed E-state index contributed by atoms with van der Waals surface area (Å²) in [6.07, 6.45) is 7.97. The standard InChI is InChI=1S/C26H29NO5/c1-24(2)16-26(5,14-18(15-27)23(24)31)12-11-22(30)25(3,4)21(29)10-8-17-7-9-19(28)20(13-17)32-6/h7-14,28H,16H2,1-6H3/b10-8+,12-11+. The lowest BCUT2D eigenvalue weighted by molar-refractivity contribution is -0.133. The number of nitriles is 1. The van der Waals surface area contributed by atoms with E-state index in [4.69, 9.17) is 4.74 Å². The van der Waals surface area contributed by atoms with Gasteiger partial charge in [0.05, 0.1) is 18.1 Å². The van der Waals surface area contributed by atoms with Crippen molar-refractivity contribution in [2.75, 3.05) is 7.11 Å². The number of benzene rings is 1. The van der Waals surface area contributed by atoms with Crippen molar-refractivity contribution in [3.8, 4) is 17.6 Å². The van der Waals surface area contributed by atoms with Crippen molar-refractivity contribution in [1.29, 1.82) is 5.26 Å². The summed E-state index contributed by atoms with van der Waals surface area (Å²) in [6.45, 7) is 8.53. The van der Waals surface area contributed by atoms with Gasteiger partial charge >= 0.3 is 0 Å². The molecule has 2 rings (SSSR count). The summed E-state index contributed by atoms with van der Waals surface area (Å²) < 4.78 is 5.06. The van der Waals surface area contributed by atoms with Crippen molar-refractivity contribution in [1.82, 2.24) is 0 Å². The fourth-order valence-electron chi connectivity index (χ4n) is 3.81. The van der Waals surface area contributed by atoms with Crippen LogP contribution >= 0.6 is 0 Å². The number of rotatable bonds is 7. The molecule has 0 spiro atoms. The van der Waals surface area contributed by atoms with Gasteiger partial charge in [-0.25, -0.2) is 0 Å². The van der Waals surface area contributed by atoms with Crippen LogP contribution in [0.1, 0.15) is 46.6 Å². The highest BCUT2D eigenvalue weighted by Crippen LogP contribution is 2.43. The second-order valence-electron chi connectivity index (χ2n) is 9.52.